The zero-order valence-corrected chi connectivity index (χ0v) is 11.5. The van der Waals surface area contributed by atoms with Gasteiger partial charge in [0.2, 0.25) is 5.91 Å². The summed E-state index contributed by atoms with van der Waals surface area (Å²) in [6.45, 7) is 11.2. The Morgan fingerprint density at radius 3 is 2.12 bits per heavy atom. The summed E-state index contributed by atoms with van der Waals surface area (Å²) >= 11 is 0. The Kier molecular flexibility index (Phi) is 8.26. The normalized spacial score (nSPS) is 13.2. The van der Waals surface area contributed by atoms with Gasteiger partial charge in [-0.25, -0.2) is 0 Å². The van der Waals surface area contributed by atoms with E-state index in [9.17, 15) is 4.79 Å². The van der Waals surface area contributed by atoms with E-state index in [0.717, 1.165) is 19.3 Å². The molecule has 0 rings (SSSR count). The Labute approximate surface area is 100 Å². The maximum absolute atomic E-state index is 11.6. The highest BCUT2D eigenvalue weighted by atomic mass is 16.1. The van der Waals surface area contributed by atoms with Gasteiger partial charge >= 0.3 is 0 Å². The highest BCUT2D eigenvalue weighted by Crippen LogP contribution is 2.03. The second-order valence-electron chi connectivity index (χ2n) is 4.99. The molecule has 0 aromatic heterocycles. The van der Waals surface area contributed by atoms with Crippen LogP contribution in [0.15, 0.2) is 0 Å². The molecule has 3 nitrogen and oxygen atoms in total. The number of nitrogens with one attached hydrogen (secondary N) is 2. The van der Waals surface area contributed by atoms with E-state index in [4.69, 9.17) is 0 Å². The summed E-state index contributed by atoms with van der Waals surface area (Å²) in [5.74, 6) is 0.786. The molecule has 0 aliphatic heterocycles. The lowest BCUT2D eigenvalue weighted by atomic mass is 10.1. The van der Waals surface area contributed by atoms with E-state index in [-0.39, 0.29) is 5.91 Å². The first-order chi connectivity index (χ1) is 7.49. The van der Waals surface area contributed by atoms with Gasteiger partial charge in [0.1, 0.15) is 0 Å². The van der Waals surface area contributed by atoms with Crippen molar-refractivity contribution in [3.8, 4) is 0 Å². The molecule has 0 radical (unpaired) electrons. The van der Waals surface area contributed by atoms with Crippen molar-refractivity contribution in [2.75, 3.05) is 6.54 Å². The molecule has 0 aliphatic carbocycles. The van der Waals surface area contributed by atoms with E-state index in [1.165, 1.54) is 0 Å². The van der Waals surface area contributed by atoms with Crippen LogP contribution in [0.1, 0.15) is 53.9 Å². The summed E-state index contributed by atoms with van der Waals surface area (Å²) in [6.07, 6.45) is 3.12. The van der Waals surface area contributed by atoms with Gasteiger partial charge in [-0.1, -0.05) is 27.7 Å². The second kappa shape index (κ2) is 8.57. The minimum Gasteiger partial charge on any atom is -0.352 e. The molecule has 16 heavy (non-hydrogen) atoms. The van der Waals surface area contributed by atoms with Crippen LogP contribution in [0.3, 0.4) is 0 Å². The zero-order valence-electron chi connectivity index (χ0n) is 11.5. The van der Waals surface area contributed by atoms with E-state index in [1.54, 1.807) is 0 Å². The Balaban J connectivity index is 3.72. The van der Waals surface area contributed by atoms with Crippen molar-refractivity contribution in [3.05, 3.63) is 0 Å². The minimum absolute atomic E-state index is 0.115. The van der Waals surface area contributed by atoms with E-state index in [0.29, 0.717) is 24.5 Å². The Bertz CT molecular complexity index is 188. The van der Waals surface area contributed by atoms with Crippen LogP contribution in [0, 0.1) is 5.92 Å². The Hall–Kier alpha value is -0.570. The minimum atomic E-state index is 0.115. The lowest BCUT2D eigenvalue weighted by molar-refractivity contribution is -0.121. The molecule has 0 saturated heterocycles. The first kappa shape index (κ1) is 15.4. The molecule has 0 aromatic rings. The number of rotatable bonds is 8. The number of hydrogen-bond donors (Lipinski definition) is 2. The van der Waals surface area contributed by atoms with Gasteiger partial charge in [0.15, 0.2) is 0 Å². The summed E-state index contributed by atoms with van der Waals surface area (Å²) in [7, 11) is 0. The highest BCUT2D eigenvalue weighted by Gasteiger charge is 2.10. The summed E-state index contributed by atoms with van der Waals surface area (Å²) in [5.41, 5.74) is 0. The molecule has 1 unspecified atom stereocenters. The van der Waals surface area contributed by atoms with E-state index in [2.05, 4.69) is 45.3 Å². The molecule has 0 heterocycles. The smallest absolute Gasteiger partial charge is 0.234 e. The molecule has 2 N–H and O–H groups in total. The summed E-state index contributed by atoms with van der Waals surface area (Å²) in [4.78, 5) is 11.6. The second-order valence-corrected chi connectivity index (χ2v) is 4.99. The van der Waals surface area contributed by atoms with E-state index < -0.39 is 0 Å². The number of amides is 1. The fraction of sp³-hybridized carbons (Fsp3) is 0.923. The molecule has 0 bridgehead atoms. The molecule has 1 atom stereocenters. The summed E-state index contributed by atoms with van der Waals surface area (Å²) in [5, 5.41) is 6.28. The average Bonchev–Trinajstić information content (AvgIpc) is 2.22. The van der Waals surface area contributed by atoms with Gasteiger partial charge in [-0.15, -0.1) is 0 Å². The Morgan fingerprint density at radius 2 is 1.69 bits per heavy atom. The van der Waals surface area contributed by atoms with Crippen LogP contribution in [0.4, 0.5) is 0 Å². The monoisotopic (exact) mass is 228 g/mol. The fourth-order valence-corrected chi connectivity index (χ4v) is 1.83. The van der Waals surface area contributed by atoms with Gasteiger partial charge in [0.05, 0.1) is 6.54 Å². The quantitative estimate of drug-likeness (QED) is 0.669. The molecule has 3 heteroatoms. The number of carbonyl (C=O) groups is 1. The SMILES string of the molecule is CCC(CC)NC(=O)CNC(C)CC(C)C. The van der Waals surface area contributed by atoms with Crippen molar-refractivity contribution < 1.29 is 4.79 Å². The zero-order chi connectivity index (χ0) is 12.6. The van der Waals surface area contributed by atoms with E-state index >= 15 is 0 Å². The third-order valence-corrected chi connectivity index (χ3v) is 2.79. The summed E-state index contributed by atoms with van der Waals surface area (Å²) in [6, 6.07) is 0.738. The maximum atomic E-state index is 11.6. The van der Waals surface area contributed by atoms with Crippen LogP contribution in [0.5, 0.6) is 0 Å². The average molecular weight is 228 g/mol. The largest absolute Gasteiger partial charge is 0.352 e. The summed E-state index contributed by atoms with van der Waals surface area (Å²) < 4.78 is 0. The first-order valence-corrected chi connectivity index (χ1v) is 6.52. The standard InChI is InChI=1S/C13H28N2O/c1-6-12(7-2)15-13(16)9-14-11(5)8-10(3)4/h10-12,14H,6-9H2,1-5H3,(H,15,16). The topological polar surface area (TPSA) is 41.1 Å². The van der Waals surface area contributed by atoms with E-state index in [1.807, 2.05) is 0 Å². The van der Waals surface area contributed by atoms with Gasteiger partial charge in [-0.05, 0) is 32.1 Å². The van der Waals surface area contributed by atoms with Gasteiger partial charge in [-0.2, -0.15) is 0 Å². The van der Waals surface area contributed by atoms with Crippen molar-refractivity contribution >= 4 is 5.91 Å². The molecule has 1 amide bonds. The fourth-order valence-electron chi connectivity index (χ4n) is 1.83. The van der Waals surface area contributed by atoms with Crippen LogP contribution >= 0.6 is 0 Å². The molecule has 0 saturated carbocycles. The van der Waals surface area contributed by atoms with Gasteiger partial charge in [-0.3, -0.25) is 4.79 Å². The predicted molar refractivity (Wildman–Crippen MR) is 69.4 cm³/mol. The van der Waals surface area contributed by atoms with Crippen molar-refractivity contribution in [2.24, 2.45) is 5.92 Å². The lowest BCUT2D eigenvalue weighted by Gasteiger charge is -2.18. The molecule has 0 aromatic carbocycles. The molecule has 0 spiro atoms. The van der Waals surface area contributed by atoms with Crippen LogP contribution in [-0.4, -0.2) is 24.5 Å². The molecule has 96 valence electrons. The highest BCUT2D eigenvalue weighted by molar-refractivity contribution is 5.78. The lowest BCUT2D eigenvalue weighted by Crippen LogP contribution is -2.42. The molecular weight excluding hydrogens is 200 g/mol. The first-order valence-electron chi connectivity index (χ1n) is 6.52. The number of carbonyl (C=O) groups excluding carboxylic acids is 1. The van der Waals surface area contributed by atoms with Crippen molar-refractivity contribution in [1.29, 1.82) is 0 Å². The third-order valence-electron chi connectivity index (χ3n) is 2.79. The van der Waals surface area contributed by atoms with Crippen molar-refractivity contribution in [3.63, 3.8) is 0 Å². The molecule has 0 aliphatic rings. The molecular formula is C13H28N2O. The van der Waals surface area contributed by atoms with Crippen LogP contribution in [0.2, 0.25) is 0 Å². The third kappa shape index (κ3) is 7.69. The maximum Gasteiger partial charge on any atom is 0.234 e. The Morgan fingerprint density at radius 1 is 1.12 bits per heavy atom. The van der Waals surface area contributed by atoms with Gasteiger partial charge in [0, 0.05) is 12.1 Å². The van der Waals surface area contributed by atoms with Gasteiger partial charge < -0.3 is 10.6 Å². The van der Waals surface area contributed by atoms with Gasteiger partial charge in [0.25, 0.3) is 0 Å². The van der Waals surface area contributed by atoms with Crippen molar-refractivity contribution in [1.82, 2.24) is 10.6 Å². The number of hydrogen-bond acceptors (Lipinski definition) is 2. The molecule has 0 fully saturated rings. The van der Waals surface area contributed by atoms with Crippen LogP contribution in [-0.2, 0) is 4.79 Å². The predicted octanol–water partition coefficient (Wildman–Crippen LogP) is 2.32. The van der Waals surface area contributed by atoms with Crippen molar-refractivity contribution in [2.45, 2.75) is 66.0 Å². The van der Waals surface area contributed by atoms with Crippen LogP contribution in [0.25, 0.3) is 0 Å². The van der Waals surface area contributed by atoms with Crippen LogP contribution < -0.4 is 10.6 Å².